The molecule has 128 valence electrons. The number of amides is 1. The molecule has 0 spiro atoms. The van der Waals surface area contributed by atoms with Crippen LogP contribution in [0.2, 0.25) is 0 Å². The lowest BCUT2D eigenvalue weighted by atomic mass is 10.0. The highest BCUT2D eigenvalue weighted by molar-refractivity contribution is 7.99. The average molecular weight is 347 g/mol. The molecule has 1 atom stereocenters. The first-order chi connectivity index (χ1) is 11.6. The second kappa shape index (κ2) is 7.29. The third kappa shape index (κ3) is 3.43. The topological polar surface area (TPSA) is 81.0 Å². The SMILES string of the molecule is CCSc1ncc2c(=O)n(CC(=O)N3CCCC[C@H]3C)cnc2n1. The fraction of sp³-hybridized carbons (Fsp3) is 0.562. The number of fused-ring (bicyclic) bond motifs is 1. The van der Waals surface area contributed by atoms with Crippen molar-refractivity contribution in [2.45, 2.75) is 50.9 Å². The maximum Gasteiger partial charge on any atom is 0.264 e. The molecule has 1 aliphatic rings. The van der Waals surface area contributed by atoms with Gasteiger partial charge in [0.15, 0.2) is 10.8 Å². The number of hydrogen-bond donors (Lipinski definition) is 0. The Hall–Kier alpha value is -1.96. The number of thioether (sulfide) groups is 1. The largest absolute Gasteiger partial charge is 0.338 e. The summed E-state index contributed by atoms with van der Waals surface area (Å²) in [6, 6.07) is 0.229. The minimum atomic E-state index is -0.272. The zero-order valence-corrected chi connectivity index (χ0v) is 14.8. The lowest BCUT2D eigenvalue weighted by Crippen LogP contribution is -2.44. The molecule has 1 saturated heterocycles. The normalized spacial score (nSPS) is 18.1. The molecule has 3 heterocycles. The Bertz CT molecular complexity index is 807. The van der Waals surface area contributed by atoms with Gasteiger partial charge in [-0.15, -0.1) is 0 Å². The predicted octanol–water partition coefficient (Wildman–Crippen LogP) is 1.70. The molecule has 1 aliphatic heterocycles. The molecule has 0 unspecified atom stereocenters. The number of rotatable bonds is 4. The van der Waals surface area contributed by atoms with Crippen molar-refractivity contribution in [2.75, 3.05) is 12.3 Å². The van der Waals surface area contributed by atoms with Gasteiger partial charge < -0.3 is 4.90 Å². The molecule has 7 nitrogen and oxygen atoms in total. The number of nitrogens with zero attached hydrogens (tertiary/aromatic N) is 5. The summed E-state index contributed by atoms with van der Waals surface area (Å²) < 4.78 is 1.35. The molecule has 3 rings (SSSR count). The summed E-state index contributed by atoms with van der Waals surface area (Å²) in [7, 11) is 0. The fourth-order valence-electron chi connectivity index (χ4n) is 2.95. The maximum atomic E-state index is 12.6. The van der Waals surface area contributed by atoms with E-state index < -0.39 is 0 Å². The first-order valence-electron chi connectivity index (χ1n) is 8.24. The molecule has 0 bridgehead atoms. The Balaban J connectivity index is 1.84. The minimum absolute atomic E-state index is 0.0115. The summed E-state index contributed by atoms with van der Waals surface area (Å²) in [4.78, 5) is 39.6. The van der Waals surface area contributed by atoms with Crippen LogP contribution < -0.4 is 5.56 Å². The minimum Gasteiger partial charge on any atom is -0.338 e. The predicted molar refractivity (Wildman–Crippen MR) is 93.0 cm³/mol. The van der Waals surface area contributed by atoms with Gasteiger partial charge in [0.25, 0.3) is 5.56 Å². The fourth-order valence-corrected chi connectivity index (χ4v) is 3.49. The van der Waals surface area contributed by atoms with Gasteiger partial charge in [-0.1, -0.05) is 18.7 Å². The second-order valence-corrected chi connectivity index (χ2v) is 7.16. The van der Waals surface area contributed by atoms with Gasteiger partial charge in [0, 0.05) is 18.8 Å². The van der Waals surface area contributed by atoms with Crippen LogP contribution in [0.5, 0.6) is 0 Å². The van der Waals surface area contributed by atoms with Crippen molar-refractivity contribution >= 4 is 28.7 Å². The number of hydrogen-bond acceptors (Lipinski definition) is 6. The van der Waals surface area contributed by atoms with E-state index in [1.54, 1.807) is 0 Å². The third-order valence-electron chi connectivity index (χ3n) is 4.26. The van der Waals surface area contributed by atoms with Crippen LogP contribution in [0.1, 0.15) is 33.1 Å². The standard InChI is InChI=1S/C16H21N5O2S/c1-3-24-16-17-8-12-14(19-16)18-10-20(15(12)23)9-13(22)21-7-5-4-6-11(21)2/h8,10-11H,3-7,9H2,1-2H3/t11-/m1/s1. The third-order valence-corrected chi connectivity index (χ3v) is 5.00. The van der Waals surface area contributed by atoms with E-state index in [-0.39, 0.29) is 24.1 Å². The Morgan fingerprint density at radius 2 is 2.21 bits per heavy atom. The molecule has 1 amide bonds. The highest BCUT2D eigenvalue weighted by Gasteiger charge is 2.23. The molecular weight excluding hydrogens is 326 g/mol. The van der Waals surface area contributed by atoms with Crippen LogP contribution in [-0.2, 0) is 11.3 Å². The van der Waals surface area contributed by atoms with Crippen LogP contribution in [0.15, 0.2) is 22.5 Å². The molecule has 2 aromatic heterocycles. The van der Waals surface area contributed by atoms with E-state index in [0.29, 0.717) is 16.2 Å². The van der Waals surface area contributed by atoms with Gasteiger partial charge in [-0.3, -0.25) is 14.2 Å². The smallest absolute Gasteiger partial charge is 0.264 e. The molecule has 0 aromatic carbocycles. The Labute approximate surface area is 144 Å². The van der Waals surface area contributed by atoms with E-state index in [2.05, 4.69) is 21.9 Å². The van der Waals surface area contributed by atoms with Crippen LogP contribution >= 0.6 is 11.8 Å². The van der Waals surface area contributed by atoms with E-state index in [1.807, 2.05) is 11.8 Å². The van der Waals surface area contributed by atoms with Crippen molar-refractivity contribution in [1.29, 1.82) is 0 Å². The molecule has 24 heavy (non-hydrogen) atoms. The molecule has 2 aromatic rings. The summed E-state index contributed by atoms with van der Waals surface area (Å²) in [5.41, 5.74) is 0.104. The van der Waals surface area contributed by atoms with Crippen molar-refractivity contribution in [3.63, 3.8) is 0 Å². The zero-order valence-electron chi connectivity index (χ0n) is 13.9. The van der Waals surface area contributed by atoms with E-state index >= 15 is 0 Å². The Morgan fingerprint density at radius 1 is 1.38 bits per heavy atom. The molecule has 0 saturated carbocycles. The Morgan fingerprint density at radius 3 is 2.96 bits per heavy atom. The molecule has 0 N–H and O–H groups in total. The number of carbonyl (C=O) groups is 1. The van der Waals surface area contributed by atoms with Gasteiger partial charge in [0.1, 0.15) is 18.3 Å². The summed E-state index contributed by atoms with van der Waals surface area (Å²) >= 11 is 1.50. The molecule has 1 fully saturated rings. The van der Waals surface area contributed by atoms with Crippen LogP contribution in [0, 0.1) is 0 Å². The first-order valence-corrected chi connectivity index (χ1v) is 9.23. The van der Waals surface area contributed by atoms with Gasteiger partial charge in [-0.25, -0.2) is 15.0 Å². The lowest BCUT2D eigenvalue weighted by Gasteiger charge is -2.33. The average Bonchev–Trinajstić information content (AvgIpc) is 2.58. The molecule has 8 heteroatoms. The quantitative estimate of drug-likeness (QED) is 0.618. The Kier molecular flexibility index (Phi) is 5.13. The van der Waals surface area contributed by atoms with Crippen molar-refractivity contribution in [1.82, 2.24) is 24.4 Å². The summed E-state index contributed by atoms with van der Waals surface area (Å²) in [5.74, 6) is 0.815. The van der Waals surface area contributed by atoms with Gasteiger partial charge in [0.05, 0.1) is 0 Å². The monoisotopic (exact) mass is 347 g/mol. The van der Waals surface area contributed by atoms with E-state index in [1.165, 1.54) is 28.9 Å². The summed E-state index contributed by atoms with van der Waals surface area (Å²) in [5, 5.41) is 0.949. The van der Waals surface area contributed by atoms with E-state index in [4.69, 9.17) is 0 Å². The van der Waals surface area contributed by atoms with E-state index in [9.17, 15) is 9.59 Å². The van der Waals surface area contributed by atoms with Crippen molar-refractivity contribution in [3.8, 4) is 0 Å². The van der Waals surface area contributed by atoms with Gasteiger partial charge in [-0.2, -0.15) is 0 Å². The van der Waals surface area contributed by atoms with Crippen molar-refractivity contribution in [3.05, 3.63) is 22.9 Å². The first kappa shape index (κ1) is 16.9. The molecule has 0 radical (unpaired) electrons. The second-order valence-electron chi connectivity index (χ2n) is 5.93. The van der Waals surface area contributed by atoms with Crippen LogP contribution in [0.4, 0.5) is 0 Å². The molecule has 0 aliphatic carbocycles. The number of carbonyl (C=O) groups excluding carboxylic acids is 1. The summed E-state index contributed by atoms with van der Waals surface area (Å²) in [6.07, 6.45) is 6.09. The maximum absolute atomic E-state index is 12.6. The highest BCUT2D eigenvalue weighted by Crippen LogP contribution is 2.17. The summed E-state index contributed by atoms with van der Waals surface area (Å²) in [6.45, 7) is 4.84. The number of likely N-dealkylation sites (tertiary alicyclic amines) is 1. The molecular formula is C16H21N5O2S. The number of piperidine rings is 1. The number of aromatic nitrogens is 4. The van der Waals surface area contributed by atoms with Gasteiger partial charge in [0.2, 0.25) is 5.91 Å². The van der Waals surface area contributed by atoms with Gasteiger partial charge >= 0.3 is 0 Å². The van der Waals surface area contributed by atoms with Crippen molar-refractivity contribution in [2.24, 2.45) is 0 Å². The van der Waals surface area contributed by atoms with Crippen LogP contribution in [0.3, 0.4) is 0 Å². The lowest BCUT2D eigenvalue weighted by molar-refractivity contribution is -0.135. The highest BCUT2D eigenvalue weighted by atomic mass is 32.2. The van der Waals surface area contributed by atoms with Crippen LogP contribution in [0.25, 0.3) is 11.0 Å². The van der Waals surface area contributed by atoms with E-state index in [0.717, 1.165) is 31.6 Å². The van der Waals surface area contributed by atoms with Crippen LogP contribution in [-0.4, -0.2) is 48.7 Å². The van der Waals surface area contributed by atoms with Gasteiger partial charge in [-0.05, 0) is 31.9 Å². The zero-order chi connectivity index (χ0) is 17.1. The van der Waals surface area contributed by atoms with Crippen molar-refractivity contribution < 1.29 is 4.79 Å².